The molecule has 1 fully saturated rings. The van der Waals surface area contributed by atoms with Gasteiger partial charge in [0.25, 0.3) is 5.91 Å². The van der Waals surface area contributed by atoms with E-state index >= 15 is 0 Å². The zero-order valence-electron chi connectivity index (χ0n) is 12.6. The Morgan fingerprint density at radius 3 is 2.79 bits per heavy atom. The van der Waals surface area contributed by atoms with Crippen molar-refractivity contribution in [2.24, 2.45) is 0 Å². The molecule has 3 amide bonds. The van der Waals surface area contributed by atoms with E-state index in [-0.39, 0.29) is 26.2 Å². The topological polar surface area (TPSA) is 67.9 Å². The van der Waals surface area contributed by atoms with E-state index in [0.29, 0.717) is 11.3 Å². The first-order chi connectivity index (χ1) is 11.3. The summed E-state index contributed by atoms with van der Waals surface area (Å²) in [6.45, 7) is -1.79. The Bertz CT molecular complexity index is 664. The van der Waals surface area contributed by atoms with Crippen molar-refractivity contribution in [1.82, 2.24) is 10.2 Å². The molecule has 1 atom stereocenters. The monoisotopic (exact) mass is 344 g/mol. The minimum atomic E-state index is -4.45. The van der Waals surface area contributed by atoms with Crippen LogP contribution in [0.1, 0.15) is 12.0 Å². The van der Waals surface area contributed by atoms with E-state index in [0.717, 1.165) is 4.90 Å². The zero-order chi connectivity index (χ0) is 17.4. The molecule has 6 nitrogen and oxygen atoms in total. The highest BCUT2D eigenvalue weighted by Gasteiger charge is 2.54. The molecule has 1 aromatic carbocycles. The number of carbonyl (C=O) groups is 2. The van der Waals surface area contributed by atoms with Crippen LogP contribution in [0.2, 0.25) is 0 Å². The number of para-hydroxylation sites is 1. The quantitative estimate of drug-likeness (QED) is 0.668. The van der Waals surface area contributed by atoms with Gasteiger partial charge in [-0.15, -0.1) is 0 Å². The molecular weight excluding hydrogens is 329 g/mol. The molecule has 1 spiro atoms. The Kier molecular flexibility index (Phi) is 4.12. The number of rotatable bonds is 4. The van der Waals surface area contributed by atoms with E-state index in [9.17, 15) is 22.8 Å². The molecular formula is C15H15F3N2O4. The fraction of sp³-hybridized carbons (Fsp3) is 0.467. The molecule has 0 saturated carbocycles. The lowest BCUT2D eigenvalue weighted by Gasteiger charge is -2.33. The predicted molar refractivity (Wildman–Crippen MR) is 75.4 cm³/mol. The molecule has 24 heavy (non-hydrogen) atoms. The van der Waals surface area contributed by atoms with Gasteiger partial charge in [0.2, 0.25) is 0 Å². The predicted octanol–water partition coefficient (Wildman–Crippen LogP) is 1.80. The van der Waals surface area contributed by atoms with Gasteiger partial charge >= 0.3 is 12.2 Å². The van der Waals surface area contributed by atoms with Crippen LogP contribution < -0.4 is 10.1 Å². The first-order valence-electron chi connectivity index (χ1n) is 7.34. The lowest BCUT2D eigenvalue weighted by Crippen LogP contribution is -2.47. The van der Waals surface area contributed by atoms with Crippen molar-refractivity contribution in [2.45, 2.75) is 18.1 Å². The van der Waals surface area contributed by atoms with Gasteiger partial charge in [-0.2, -0.15) is 13.2 Å². The van der Waals surface area contributed by atoms with E-state index in [1.165, 1.54) is 0 Å². The van der Waals surface area contributed by atoms with Gasteiger partial charge in [-0.1, -0.05) is 18.2 Å². The largest absolute Gasteiger partial charge is 0.493 e. The van der Waals surface area contributed by atoms with Crippen molar-refractivity contribution in [3.05, 3.63) is 29.8 Å². The number of halogens is 3. The molecule has 1 aromatic rings. The summed E-state index contributed by atoms with van der Waals surface area (Å²) < 4.78 is 46.2. The fourth-order valence-electron chi connectivity index (χ4n) is 2.92. The zero-order valence-corrected chi connectivity index (χ0v) is 12.6. The summed E-state index contributed by atoms with van der Waals surface area (Å²) in [6.07, 6.45) is -4.19. The molecule has 1 N–H and O–H groups in total. The average Bonchev–Trinajstić information content (AvgIpc) is 2.75. The molecule has 2 heterocycles. The highest BCUT2D eigenvalue weighted by Crippen LogP contribution is 2.40. The first-order valence-corrected chi connectivity index (χ1v) is 7.34. The van der Waals surface area contributed by atoms with Crippen molar-refractivity contribution in [2.75, 3.05) is 26.4 Å². The third-order valence-corrected chi connectivity index (χ3v) is 3.98. The van der Waals surface area contributed by atoms with Crippen molar-refractivity contribution < 1.29 is 32.2 Å². The molecule has 2 aliphatic rings. The molecule has 2 aliphatic heterocycles. The van der Waals surface area contributed by atoms with Crippen molar-refractivity contribution in [3.8, 4) is 5.75 Å². The minimum absolute atomic E-state index is 0.245. The number of fused-ring (bicyclic) bond motifs is 2. The van der Waals surface area contributed by atoms with Gasteiger partial charge in [-0.05, 0) is 6.07 Å². The SMILES string of the molecule is O=C1N[C@@]2(CCOc3ccccc32)C(=O)N1CCOCC(F)(F)F. The Morgan fingerprint density at radius 1 is 1.29 bits per heavy atom. The minimum Gasteiger partial charge on any atom is -0.493 e. The smallest absolute Gasteiger partial charge is 0.411 e. The highest BCUT2D eigenvalue weighted by molar-refractivity contribution is 6.07. The number of hydrogen-bond donors (Lipinski definition) is 1. The Labute approximate surface area is 135 Å². The maximum atomic E-state index is 12.8. The van der Waals surface area contributed by atoms with Crippen LogP contribution in [0.3, 0.4) is 0 Å². The maximum absolute atomic E-state index is 12.8. The van der Waals surface area contributed by atoms with Gasteiger partial charge in [0.1, 0.15) is 12.4 Å². The Balaban J connectivity index is 1.73. The summed E-state index contributed by atoms with van der Waals surface area (Å²) >= 11 is 0. The molecule has 0 unspecified atom stereocenters. The number of urea groups is 1. The van der Waals surface area contributed by atoms with Crippen LogP contribution in [0.5, 0.6) is 5.75 Å². The number of nitrogens with one attached hydrogen (secondary N) is 1. The molecule has 0 bridgehead atoms. The molecule has 3 rings (SSSR count). The lowest BCUT2D eigenvalue weighted by molar-refractivity contribution is -0.174. The van der Waals surface area contributed by atoms with Gasteiger partial charge in [-0.3, -0.25) is 9.69 Å². The van der Waals surface area contributed by atoms with Crippen LogP contribution in [-0.4, -0.2) is 49.4 Å². The summed E-state index contributed by atoms with van der Waals surface area (Å²) in [5.74, 6) is 0.00595. The second-order valence-electron chi connectivity index (χ2n) is 5.55. The van der Waals surface area contributed by atoms with Crippen molar-refractivity contribution in [1.29, 1.82) is 0 Å². The third-order valence-electron chi connectivity index (χ3n) is 3.98. The summed E-state index contributed by atoms with van der Waals surface area (Å²) in [5, 5.41) is 2.66. The molecule has 0 radical (unpaired) electrons. The van der Waals surface area contributed by atoms with Gasteiger partial charge in [0.15, 0.2) is 5.54 Å². The van der Waals surface area contributed by atoms with Crippen molar-refractivity contribution in [3.63, 3.8) is 0 Å². The van der Waals surface area contributed by atoms with E-state index < -0.39 is 30.3 Å². The Morgan fingerprint density at radius 2 is 2.04 bits per heavy atom. The van der Waals surface area contributed by atoms with Crippen LogP contribution in [-0.2, 0) is 15.1 Å². The molecule has 1 saturated heterocycles. The molecule has 0 aliphatic carbocycles. The third kappa shape index (κ3) is 2.91. The van der Waals surface area contributed by atoms with Crippen LogP contribution >= 0.6 is 0 Å². The van der Waals surface area contributed by atoms with Crippen LogP contribution in [0.15, 0.2) is 24.3 Å². The van der Waals surface area contributed by atoms with Crippen LogP contribution in [0.4, 0.5) is 18.0 Å². The molecule has 0 aromatic heterocycles. The number of carbonyl (C=O) groups excluding carboxylic acids is 2. The number of amides is 3. The van der Waals surface area contributed by atoms with Gasteiger partial charge in [0, 0.05) is 12.0 Å². The van der Waals surface area contributed by atoms with Crippen LogP contribution in [0.25, 0.3) is 0 Å². The normalized spacial score (nSPS) is 23.2. The lowest BCUT2D eigenvalue weighted by atomic mass is 9.84. The maximum Gasteiger partial charge on any atom is 0.411 e. The van der Waals surface area contributed by atoms with Crippen molar-refractivity contribution >= 4 is 11.9 Å². The van der Waals surface area contributed by atoms with Gasteiger partial charge in [-0.25, -0.2) is 4.79 Å². The number of ether oxygens (including phenoxy) is 2. The van der Waals surface area contributed by atoms with E-state index in [4.69, 9.17) is 4.74 Å². The molecule has 130 valence electrons. The van der Waals surface area contributed by atoms with Gasteiger partial charge in [0.05, 0.1) is 19.8 Å². The fourth-order valence-corrected chi connectivity index (χ4v) is 2.92. The number of hydrogen-bond acceptors (Lipinski definition) is 4. The summed E-state index contributed by atoms with van der Waals surface area (Å²) in [5.41, 5.74) is -0.677. The van der Waals surface area contributed by atoms with E-state index in [2.05, 4.69) is 10.1 Å². The number of nitrogens with zero attached hydrogens (tertiary/aromatic N) is 1. The summed E-state index contributed by atoms with van der Waals surface area (Å²) in [4.78, 5) is 25.8. The first kappa shape index (κ1) is 16.6. The number of alkyl halides is 3. The average molecular weight is 344 g/mol. The molecule has 9 heteroatoms. The second kappa shape index (κ2) is 5.97. The number of imide groups is 1. The van der Waals surface area contributed by atoms with E-state index in [1.54, 1.807) is 24.3 Å². The highest BCUT2D eigenvalue weighted by atomic mass is 19.4. The number of benzene rings is 1. The Hall–Kier alpha value is -2.29. The van der Waals surface area contributed by atoms with E-state index in [1.807, 2.05) is 0 Å². The van der Waals surface area contributed by atoms with Crippen LogP contribution in [0, 0.1) is 0 Å². The standard InChI is InChI=1S/C15H15F3N2O4/c16-15(17,18)9-23-8-6-20-12(21)14(19-13(20)22)5-7-24-11-4-2-1-3-10(11)14/h1-4H,5-9H2,(H,19,22)/t14-/m1/s1. The summed E-state index contributed by atoms with van der Waals surface area (Å²) in [7, 11) is 0. The van der Waals surface area contributed by atoms with Gasteiger partial charge < -0.3 is 14.8 Å². The summed E-state index contributed by atoms with van der Waals surface area (Å²) in [6, 6.07) is 6.22. The second-order valence-corrected chi connectivity index (χ2v) is 5.55.